The largest absolute Gasteiger partial charge is 0.308 e. The van der Waals surface area contributed by atoms with E-state index in [4.69, 9.17) is 4.98 Å². The Bertz CT molecular complexity index is 1180. The van der Waals surface area contributed by atoms with Crippen LogP contribution in [0.1, 0.15) is 21.5 Å². The molecule has 4 nitrogen and oxygen atoms in total. The van der Waals surface area contributed by atoms with Crippen LogP contribution in [0.25, 0.3) is 21.8 Å². The van der Waals surface area contributed by atoms with Gasteiger partial charge in [-0.15, -0.1) is 11.3 Å². The van der Waals surface area contributed by atoms with Gasteiger partial charge in [0, 0.05) is 46.7 Å². The maximum absolute atomic E-state index is 12.9. The van der Waals surface area contributed by atoms with Crippen molar-refractivity contribution >= 4 is 22.9 Å². The Morgan fingerprint density at radius 3 is 2.72 bits per heavy atom. The third kappa shape index (κ3) is 3.34. The summed E-state index contributed by atoms with van der Waals surface area (Å²) in [5, 5.41) is 3.04. The third-order valence-corrected chi connectivity index (χ3v) is 6.12. The average molecular weight is 398 g/mol. The smallest absolute Gasteiger partial charge is 0.258 e. The maximum atomic E-state index is 12.9. The molecule has 3 heterocycles. The van der Waals surface area contributed by atoms with Crippen LogP contribution in [0.3, 0.4) is 0 Å². The molecule has 0 saturated carbocycles. The van der Waals surface area contributed by atoms with Crippen LogP contribution in [-0.2, 0) is 6.42 Å². The quantitative estimate of drug-likeness (QED) is 0.466. The number of carbonyl (C=O) groups is 1. The van der Waals surface area contributed by atoms with Gasteiger partial charge < -0.3 is 4.90 Å². The lowest BCUT2D eigenvalue weighted by atomic mass is 10.1. The first-order chi connectivity index (χ1) is 14.2. The molecule has 2 aromatic heterocycles. The molecule has 142 valence electrons. The number of amides is 1. The molecule has 2 aromatic carbocycles. The summed E-state index contributed by atoms with van der Waals surface area (Å²) in [5.74, 6) is 0.0593. The fraction of sp³-hybridized carbons (Fsp3) is 0.125. The van der Waals surface area contributed by atoms with Gasteiger partial charge in [0.05, 0.1) is 5.69 Å². The van der Waals surface area contributed by atoms with Gasteiger partial charge in [-0.25, -0.2) is 4.98 Å². The molecule has 1 aliphatic heterocycles. The number of fused-ring (bicyclic) bond motifs is 1. The molecule has 0 bridgehead atoms. The van der Waals surface area contributed by atoms with Crippen molar-refractivity contribution in [1.29, 1.82) is 0 Å². The number of aryl methyl sites for hydroxylation is 1. The molecule has 1 amide bonds. The van der Waals surface area contributed by atoms with Gasteiger partial charge >= 0.3 is 0 Å². The lowest BCUT2D eigenvalue weighted by Gasteiger charge is -2.17. The van der Waals surface area contributed by atoms with E-state index in [1.54, 1.807) is 17.5 Å². The molecule has 0 fully saturated rings. The van der Waals surface area contributed by atoms with Crippen LogP contribution < -0.4 is 4.90 Å². The summed E-state index contributed by atoms with van der Waals surface area (Å²) in [5.41, 5.74) is 7.15. The van der Waals surface area contributed by atoms with E-state index in [1.807, 2.05) is 60.5 Å². The summed E-state index contributed by atoms with van der Waals surface area (Å²) in [6.45, 7) is 2.74. The minimum atomic E-state index is 0.0593. The zero-order chi connectivity index (χ0) is 19.8. The highest BCUT2D eigenvalue weighted by molar-refractivity contribution is 7.13. The number of benzene rings is 2. The molecule has 0 unspecified atom stereocenters. The first kappa shape index (κ1) is 17.8. The summed E-state index contributed by atoms with van der Waals surface area (Å²) in [6.07, 6.45) is 4.46. The van der Waals surface area contributed by atoms with Crippen molar-refractivity contribution in [3.63, 3.8) is 0 Å². The summed E-state index contributed by atoms with van der Waals surface area (Å²) in [4.78, 5) is 23.8. The Morgan fingerprint density at radius 2 is 1.93 bits per heavy atom. The van der Waals surface area contributed by atoms with Gasteiger partial charge in [-0.1, -0.05) is 23.8 Å². The molecule has 0 atom stereocenters. The van der Waals surface area contributed by atoms with Crippen LogP contribution in [0, 0.1) is 6.92 Å². The number of nitrogens with zero attached hydrogens (tertiary/aromatic N) is 3. The second-order valence-electron chi connectivity index (χ2n) is 7.20. The Balaban J connectivity index is 1.42. The lowest BCUT2D eigenvalue weighted by Crippen LogP contribution is -2.28. The first-order valence-corrected chi connectivity index (χ1v) is 10.4. The molecule has 0 saturated heterocycles. The Labute approximate surface area is 173 Å². The molecule has 4 aromatic rings. The van der Waals surface area contributed by atoms with Crippen molar-refractivity contribution in [2.45, 2.75) is 13.3 Å². The van der Waals surface area contributed by atoms with E-state index >= 15 is 0 Å². The number of hydrogen-bond acceptors (Lipinski definition) is 4. The minimum absolute atomic E-state index is 0.0593. The van der Waals surface area contributed by atoms with Gasteiger partial charge in [-0.2, -0.15) is 0 Å². The molecule has 29 heavy (non-hydrogen) atoms. The van der Waals surface area contributed by atoms with Gasteiger partial charge in [0.15, 0.2) is 0 Å². The van der Waals surface area contributed by atoms with Gasteiger partial charge in [-0.3, -0.25) is 9.78 Å². The van der Waals surface area contributed by atoms with E-state index in [2.05, 4.69) is 22.5 Å². The van der Waals surface area contributed by atoms with Gasteiger partial charge in [0.1, 0.15) is 5.01 Å². The van der Waals surface area contributed by atoms with E-state index in [1.165, 1.54) is 5.56 Å². The molecule has 1 aliphatic rings. The van der Waals surface area contributed by atoms with Crippen molar-refractivity contribution in [2.75, 3.05) is 11.4 Å². The van der Waals surface area contributed by atoms with Crippen molar-refractivity contribution in [3.05, 3.63) is 89.1 Å². The average Bonchev–Trinajstić information content (AvgIpc) is 3.41. The molecule has 0 N–H and O–H groups in total. The Kier molecular flexibility index (Phi) is 4.45. The summed E-state index contributed by atoms with van der Waals surface area (Å²) < 4.78 is 0. The first-order valence-electron chi connectivity index (χ1n) is 9.57. The minimum Gasteiger partial charge on any atom is -0.308 e. The van der Waals surface area contributed by atoms with E-state index in [9.17, 15) is 4.79 Å². The monoisotopic (exact) mass is 397 g/mol. The van der Waals surface area contributed by atoms with Gasteiger partial charge in [0.2, 0.25) is 0 Å². The predicted molar refractivity (Wildman–Crippen MR) is 117 cm³/mol. The number of aromatic nitrogens is 2. The highest BCUT2D eigenvalue weighted by Crippen LogP contribution is 2.35. The Morgan fingerprint density at radius 1 is 1.07 bits per heavy atom. The van der Waals surface area contributed by atoms with Crippen molar-refractivity contribution < 1.29 is 4.79 Å². The third-order valence-electron chi connectivity index (χ3n) is 5.23. The number of thiazole rings is 1. The van der Waals surface area contributed by atoms with Gasteiger partial charge in [0.25, 0.3) is 5.91 Å². The van der Waals surface area contributed by atoms with E-state index in [-0.39, 0.29) is 5.91 Å². The van der Waals surface area contributed by atoms with E-state index in [0.717, 1.165) is 45.1 Å². The van der Waals surface area contributed by atoms with Crippen LogP contribution in [0.5, 0.6) is 0 Å². The summed E-state index contributed by atoms with van der Waals surface area (Å²) >= 11 is 1.62. The highest BCUT2D eigenvalue weighted by Gasteiger charge is 2.26. The summed E-state index contributed by atoms with van der Waals surface area (Å²) in [6, 6.07) is 18.0. The molecule has 0 aliphatic carbocycles. The fourth-order valence-electron chi connectivity index (χ4n) is 3.65. The van der Waals surface area contributed by atoms with Crippen LogP contribution in [0.15, 0.2) is 72.4 Å². The van der Waals surface area contributed by atoms with E-state index < -0.39 is 0 Å². The second kappa shape index (κ2) is 7.26. The number of pyridine rings is 1. The zero-order valence-electron chi connectivity index (χ0n) is 16.0. The van der Waals surface area contributed by atoms with Crippen molar-refractivity contribution in [3.8, 4) is 21.8 Å². The number of carbonyl (C=O) groups excluding carboxylic acids is 1. The highest BCUT2D eigenvalue weighted by atomic mass is 32.1. The molecule has 0 spiro atoms. The van der Waals surface area contributed by atoms with Crippen LogP contribution in [0.2, 0.25) is 0 Å². The summed E-state index contributed by atoms with van der Waals surface area (Å²) in [7, 11) is 0. The zero-order valence-corrected chi connectivity index (χ0v) is 16.8. The molecule has 5 heteroatoms. The SMILES string of the molecule is Cc1ccc(C(=O)N2CCc3cc(-c4csc(-c5cccnc5)n4)ccc32)cc1. The number of hydrogen-bond donors (Lipinski definition) is 0. The fourth-order valence-corrected chi connectivity index (χ4v) is 4.47. The van der Waals surface area contributed by atoms with E-state index in [0.29, 0.717) is 6.54 Å². The van der Waals surface area contributed by atoms with Crippen LogP contribution in [0.4, 0.5) is 5.69 Å². The lowest BCUT2D eigenvalue weighted by molar-refractivity contribution is 0.0989. The standard InChI is InChI=1S/C24H19N3OS/c1-16-4-6-17(7-5-16)24(28)27-12-10-19-13-18(8-9-22(19)27)21-15-29-23(26-21)20-3-2-11-25-14-20/h2-9,11,13-15H,10,12H2,1H3. The number of rotatable bonds is 3. The molecular formula is C24H19N3OS. The van der Waals surface area contributed by atoms with Gasteiger partial charge in [-0.05, 0) is 55.3 Å². The Hall–Kier alpha value is -3.31. The molecule has 0 radical (unpaired) electrons. The number of anilines is 1. The van der Waals surface area contributed by atoms with Crippen LogP contribution in [-0.4, -0.2) is 22.4 Å². The predicted octanol–water partition coefficient (Wildman–Crippen LogP) is 5.38. The van der Waals surface area contributed by atoms with Crippen LogP contribution >= 0.6 is 11.3 Å². The van der Waals surface area contributed by atoms with Crippen molar-refractivity contribution in [1.82, 2.24) is 9.97 Å². The maximum Gasteiger partial charge on any atom is 0.258 e. The molecule has 5 rings (SSSR count). The topological polar surface area (TPSA) is 46.1 Å². The normalized spacial score (nSPS) is 12.8. The molecular weight excluding hydrogens is 378 g/mol. The van der Waals surface area contributed by atoms with Crippen molar-refractivity contribution in [2.24, 2.45) is 0 Å². The second-order valence-corrected chi connectivity index (χ2v) is 8.05.